The minimum atomic E-state index is -0.553. The van der Waals surface area contributed by atoms with Gasteiger partial charge in [-0.15, -0.1) is 5.76 Å². The summed E-state index contributed by atoms with van der Waals surface area (Å²) >= 11 is 0. The molecule has 0 aromatic carbocycles. The highest BCUT2D eigenvalue weighted by molar-refractivity contribution is 5.87. The molecule has 0 bridgehead atoms. The van der Waals surface area contributed by atoms with Gasteiger partial charge in [-0.2, -0.15) is 0 Å². The van der Waals surface area contributed by atoms with Crippen molar-refractivity contribution in [1.82, 2.24) is 0 Å². The second kappa shape index (κ2) is 3.12. The smallest absolute Gasteiger partial charge is 0.332 e. The third-order valence-corrected chi connectivity index (χ3v) is 1.02. The minimum absolute atomic E-state index is 0.137. The molecular weight excluding hydrogens is 120 g/mol. The van der Waals surface area contributed by atoms with Crippen LogP contribution >= 0.6 is 0 Å². The van der Waals surface area contributed by atoms with Gasteiger partial charge in [-0.25, -0.2) is 4.79 Å². The molecule has 0 aliphatic heterocycles. The van der Waals surface area contributed by atoms with E-state index in [4.69, 9.17) is 0 Å². The lowest BCUT2D eigenvalue weighted by Crippen LogP contribution is -2.10. The first kappa shape index (κ1) is 8.01. The molecule has 0 aromatic rings. The molecule has 9 heavy (non-hydrogen) atoms. The Bertz CT molecular complexity index is 142. The molecule has 0 saturated carbocycles. The number of ether oxygens (including phenoxy) is 1. The quantitative estimate of drug-likeness (QED) is 0.280. The standard InChI is InChI=1S/C6H10O3/c1-4(5(2)7)6(8)9-3/h7H,1-3H3/p-1/b5-4+. The first-order valence-electron chi connectivity index (χ1n) is 2.52. The Hall–Kier alpha value is -0.990. The minimum Gasteiger partial charge on any atom is -0.875 e. The number of carbonyl (C=O) groups is 1. The molecule has 0 amide bonds. The molecule has 0 heterocycles. The maximum atomic E-state index is 10.5. The third kappa shape index (κ3) is 2.17. The van der Waals surface area contributed by atoms with E-state index >= 15 is 0 Å². The fourth-order valence-corrected chi connectivity index (χ4v) is 0.297. The van der Waals surface area contributed by atoms with Gasteiger partial charge in [0.15, 0.2) is 0 Å². The van der Waals surface area contributed by atoms with E-state index in [9.17, 15) is 9.90 Å². The first-order valence-corrected chi connectivity index (χ1v) is 2.52. The molecular formula is C6H9O3-. The van der Waals surface area contributed by atoms with Crippen molar-refractivity contribution in [2.45, 2.75) is 13.8 Å². The fourth-order valence-electron chi connectivity index (χ4n) is 0.297. The summed E-state index contributed by atoms with van der Waals surface area (Å²) in [5.41, 5.74) is 0.137. The van der Waals surface area contributed by atoms with E-state index in [0.29, 0.717) is 0 Å². The summed E-state index contributed by atoms with van der Waals surface area (Å²) in [6.07, 6.45) is 0. The van der Waals surface area contributed by atoms with Gasteiger partial charge in [0.25, 0.3) is 0 Å². The number of allylic oxidation sites excluding steroid dienone is 1. The molecule has 0 spiro atoms. The van der Waals surface area contributed by atoms with E-state index in [0.717, 1.165) is 0 Å². The maximum absolute atomic E-state index is 10.5. The Morgan fingerprint density at radius 1 is 1.44 bits per heavy atom. The summed E-state index contributed by atoms with van der Waals surface area (Å²) in [4.78, 5) is 10.5. The highest BCUT2D eigenvalue weighted by atomic mass is 16.5. The first-order chi connectivity index (χ1) is 4.09. The van der Waals surface area contributed by atoms with Crippen molar-refractivity contribution in [2.24, 2.45) is 0 Å². The topological polar surface area (TPSA) is 49.4 Å². The molecule has 3 nitrogen and oxygen atoms in total. The van der Waals surface area contributed by atoms with Gasteiger partial charge in [-0.05, 0) is 6.92 Å². The second-order valence-corrected chi connectivity index (χ2v) is 1.67. The molecule has 0 radical (unpaired) electrons. The normalized spacial score (nSPS) is 12.3. The van der Waals surface area contributed by atoms with Gasteiger partial charge in [0.05, 0.1) is 7.11 Å². The van der Waals surface area contributed by atoms with Crippen LogP contribution in [-0.2, 0) is 9.53 Å². The Morgan fingerprint density at radius 2 is 1.89 bits per heavy atom. The van der Waals surface area contributed by atoms with E-state index in [2.05, 4.69) is 4.74 Å². The summed E-state index contributed by atoms with van der Waals surface area (Å²) in [7, 11) is 1.24. The van der Waals surface area contributed by atoms with Gasteiger partial charge in [-0.1, -0.05) is 6.92 Å². The molecule has 0 fully saturated rings. The number of methoxy groups -OCH3 is 1. The van der Waals surface area contributed by atoms with Gasteiger partial charge < -0.3 is 9.84 Å². The van der Waals surface area contributed by atoms with Gasteiger partial charge in [-0.3, -0.25) is 0 Å². The number of esters is 1. The Balaban J connectivity index is 4.21. The van der Waals surface area contributed by atoms with Crippen molar-refractivity contribution in [2.75, 3.05) is 7.11 Å². The van der Waals surface area contributed by atoms with E-state index in [1.807, 2.05) is 0 Å². The van der Waals surface area contributed by atoms with E-state index in [1.54, 1.807) is 0 Å². The van der Waals surface area contributed by atoms with E-state index in [1.165, 1.54) is 21.0 Å². The molecule has 0 aromatic heterocycles. The van der Waals surface area contributed by atoms with Crippen molar-refractivity contribution in [3.8, 4) is 0 Å². The largest absolute Gasteiger partial charge is 0.875 e. The Kier molecular flexibility index (Phi) is 2.78. The zero-order valence-electron chi connectivity index (χ0n) is 5.72. The predicted molar refractivity (Wildman–Crippen MR) is 30.4 cm³/mol. The van der Waals surface area contributed by atoms with Crippen LogP contribution in [0.15, 0.2) is 11.3 Å². The van der Waals surface area contributed by atoms with Gasteiger partial charge in [0, 0.05) is 5.57 Å². The number of carbonyl (C=O) groups excluding carboxylic acids is 1. The number of hydrogen-bond acceptors (Lipinski definition) is 3. The van der Waals surface area contributed by atoms with Crippen molar-refractivity contribution >= 4 is 5.97 Å². The van der Waals surface area contributed by atoms with Crippen molar-refractivity contribution in [3.05, 3.63) is 11.3 Å². The van der Waals surface area contributed by atoms with Gasteiger partial charge in [0.1, 0.15) is 0 Å². The van der Waals surface area contributed by atoms with Crippen LogP contribution in [-0.4, -0.2) is 13.1 Å². The highest BCUT2D eigenvalue weighted by Crippen LogP contribution is 1.97. The number of hydrogen-bond donors (Lipinski definition) is 0. The van der Waals surface area contributed by atoms with Crippen LogP contribution in [0.4, 0.5) is 0 Å². The second-order valence-electron chi connectivity index (χ2n) is 1.67. The van der Waals surface area contributed by atoms with Crippen molar-refractivity contribution in [3.63, 3.8) is 0 Å². The van der Waals surface area contributed by atoms with Crippen LogP contribution in [0.1, 0.15) is 13.8 Å². The van der Waals surface area contributed by atoms with Crippen LogP contribution in [0, 0.1) is 0 Å². The summed E-state index contributed by atoms with van der Waals surface area (Å²) in [5, 5.41) is 10.4. The zero-order valence-corrected chi connectivity index (χ0v) is 5.72. The van der Waals surface area contributed by atoms with Gasteiger partial charge in [0.2, 0.25) is 0 Å². The van der Waals surface area contributed by atoms with E-state index in [-0.39, 0.29) is 11.3 Å². The SMILES string of the molecule is COC(=O)/C(C)=C(\C)[O-]. The molecule has 0 aliphatic carbocycles. The van der Waals surface area contributed by atoms with Crippen LogP contribution < -0.4 is 5.11 Å². The van der Waals surface area contributed by atoms with Crippen LogP contribution in [0.3, 0.4) is 0 Å². The lowest BCUT2D eigenvalue weighted by atomic mass is 10.3. The summed E-state index contributed by atoms with van der Waals surface area (Å²) in [6, 6.07) is 0. The van der Waals surface area contributed by atoms with Gasteiger partial charge >= 0.3 is 5.97 Å². The lowest BCUT2D eigenvalue weighted by molar-refractivity contribution is -0.303. The van der Waals surface area contributed by atoms with Crippen LogP contribution in [0.25, 0.3) is 0 Å². The predicted octanol–water partition coefficient (Wildman–Crippen LogP) is -0.186. The maximum Gasteiger partial charge on any atom is 0.332 e. The fraction of sp³-hybridized carbons (Fsp3) is 0.500. The number of rotatable bonds is 1. The average Bonchev–Trinajstić information content (AvgIpc) is 1.84. The average molecular weight is 129 g/mol. The monoisotopic (exact) mass is 129 g/mol. The van der Waals surface area contributed by atoms with Crippen molar-refractivity contribution < 1.29 is 14.6 Å². The third-order valence-electron chi connectivity index (χ3n) is 1.02. The molecule has 0 aliphatic rings. The molecule has 0 rings (SSSR count). The van der Waals surface area contributed by atoms with E-state index < -0.39 is 5.97 Å². The summed E-state index contributed by atoms with van der Waals surface area (Å²) < 4.78 is 4.28. The van der Waals surface area contributed by atoms with Crippen LogP contribution in [0.5, 0.6) is 0 Å². The molecule has 3 heteroatoms. The lowest BCUT2D eigenvalue weighted by Gasteiger charge is -2.07. The zero-order chi connectivity index (χ0) is 7.44. The summed E-state index contributed by atoms with van der Waals surface area (Å²) in [5.74, 6) is -0.802. The molecule has 52 valence electrons. The van der Waals surface area contributed by atoms with Crippen LogP contribution in [0.2, 0.25) is 0 Å². The molecule has 0 saturated heterocycles. The molecule has 0 unspecified atom stereocenters. The van der Waals surface area contributed by atoms with Crippen molar-refractivity contribution in [1.29, 1.82) is 0 Å². The molecule has 0 N–H and O–H groups in total. The Labute approximate surface area is 53.9 Å². The molecule has 0 atom stereocenters. The highest BCUT2D eigenvalue weighted by Gasteiger charge is 2.00. The summed E-state index contributed by atoms with van der Waals surface area (Å²) in [6.45, 7) is 2.76. The Morgan fingerprint density at radius 3 is 2.00 bits per heavy atom.